The average Bonchev–Trinajstić information content (AvgIpc) is 2.92. The zero-order valence-corrected chi connectivity index (χ0v) is 15.8. The minimum absolute atomic E-state index is 0.251. The number of benzene rings is 1. The summed E-state index contributed by atoms with van der Waals surface area (Å²) in [7, 11) is 0. The van der Waals surface area contributed by atoms with Gasteiger partial charge in [-0.1, -0.05) is 6.07 Å². The van der Waals surface area contributed by atoms with Gasteiger partial charge in [0.05, 0.1) is 12.2 Å². The summed E-state index contributed by atoms with van der Waals surface area (Å²) in [6.07, 6.45) is 1.38. The summed E-state index contributed by atoms with van der Waals surface area (Å²) in [5, 5.41) is 11.1. The third-order valence-electron chi connectivity index (χ3n) is 3.99. The van der Waals surface area contributed by atoms with Gasteiger partial charge in [-0.2, -0.15) is 5.26 Å². The summed E-state index contributed by atoms with van der Waals surface area (Å²) in [6.45, 7) is 5.69. The van der Waals surface area contributed by atoms with Gasteiger partial charge in [0.1, 0.15) is 11.6 Å². The molecule has 2 aromatic rings. The molecule has 2 rings (SSSR count). The molecule has 0 aliphatic carbocycles. The molecule has 0 bridgehead atoms. The summed E-state index contributed by atoms with van der Waals surface area (Å²) in [4.78, 5) is 34.7. The van der Waals surface area contributed by atoms with Crippen LogP contribution in [0.3, 0.4) is 0 Å². The van der Waals surface area contributed by atoms with Crippen LogP contribution in [0.25, 0.3) is 11.8 Å². The van der Waals surface area contributed by atoms with E-state index in [9.17, 15) is 19.6 Å². The van der Waals surface area contributed by atoms with Crippen LogP contribution >= 0.6 is 0 Å². The molecule has 1 aromatic heterocycles. The van der Waals surface area contributed by atoms with Gasteiger partial charge in [0.2, 0.25) is 0 Å². The number of imide groups is 1. The van der Waals surface area contributed by atoms with E-state index < -0.39 is 17.9 Å². The lowest BCUT2D eigenvalue weighted by atomic mass is 10.1. The molecule has 0 unspecified atom stereocenters. The Morgan fingerprint density at radius 3 is 2.61 bits per heavy atom. The van der Waals surface area contributed by atoms with Crippen LogP contribution in [0, 0.1) is 25.2 Å². The smallest absolute Gasteiger partial charge is 0.338 e. The molecule has 0 spiro atoms. The van der Waals surface area contributed by atoms with Crippen LogP contribution in [0.15, 0.2) is 35.9 Å². The molecule has 0 fully saturated rings. The molecule has 3 amide bonds. The number of primary amides is 1. The fourth-order valence-electron chi connectivity index (χ4n) is 2.80. The molecule has 1 heterocycles. The molecule has 0 atom stereocenters. The maximum atomic E-state index is 12.0. The van der Waals surface area contributed by atoms with Crippen molar-refractivity contribution in [2.45, 2.75) is 20.8 Å². The molecular formula is C20H20N4O4. The minimum atomic E-state index is -1.03. The molecule has 28 heavy (non-hydrogen) atoms. The number of nitrogens with two attached hydrogens (primary N) is 1. The normalized spacial score (nSPS) is 10.9. The van der Waals surface area contributed by atoms with Gasteiger partial charge in [0, 0.05) is 17.1 Å². The number of esters is 1. The molecule has 8 heteroatoms. The fourth-order valence-corrected chi connectivity index (χ4v) is 2.80. The molecule has 0 aliphatic rings. The first-order valence-corrected chi connectivity index (χ1v) is 8.47. The van der Waals surface area contributed by atoms with Crippen molar-refractivity contribution in [3.05, 3.63) is 58.4 Å². The quantitative estimate of drug-likeness (QED) is 0.468. The van der Waals surface area contributed by atoms with Crippen LogP contribution in [0.2, 0.25) is 0 Å². The lowest BCUT2D eigenvalue weighted by molar-refractivity contribution is -0.115. The number of hydrogen-bond acceptors (Lipinski definition) is 5. The van der Waals surface area contributed by atoms with Crippen molar-refractivity contribution in [1.29, 1.82) is 5.26 Å². The van der Waals surface area contributed by atoms with Gasteiger partial charge in [0.25, 0.3) is 5.91 Å². The maximum absolute atomic E-state index is 12.0. The number of carbonyl (C=O) groups is 3. The Morgan fingerprint density at radius 1 is 1.29 bits per heavy atom. The number of urea groups is 1. The Hall–Kier alpha value is -3.86. The van der Waals surface area contributed by atoms with Crippen molar-refractivity contribution >= 4 is 24.0 Å². The second-order valence-corrected chi connectivity index (χ2v) is 5.92. The first-order chi connectivity index (χ1) is 13.3. The zero-order chi connectivity index (χ0) is 20.8. The fraction of sp³-hybridized carbons (Fsp3) is 0.200. The molecule has 0 aliphatic heterocycles. The van der Waals surface area contributed by atoms with E-state index in [-0.39, 0.29) is 12.2 Å². The summed E-state index contributed by atoms with van der Waals surface area (Å²) >= 11 is 0. The highest BCUT2D eigenvalue weighted by molar-refractivity contribution is 6.08. The zero-order valence-electron chi connectivity index (χ0n) is 15.8. The van der Waals surface area contributed by atoms with E-state index in [1.54, 1.807) is 37.3 Å². The third-order valence-corrected chi connectivity index (χ3v) is 3.99. The Labute approximate surface area is 162 Å². The number of amides is 3. The van der Waals surface area contributed by atoms with Crippen LogP contribution in [0.4, 0.5) is 4.79 Å². The van der Waals surface area contributed by atoms with Crippen molar-refractivity contribution in [3.8, 4) is 11.8 Å². The van der Waals surface area contributed by atoms with E-state index in [0.717, 1.165) is 17.1 Å². The Morgan fingerprint density at radius 2 is 2.00 bits per heavy atom. The number of aromatic nitrogens is 1. The molecule has 144 valence electrons. The number of carbonyl (C=O) groups excluding carboxylic acids is 3. The van der Waals surface area contributed by atoms with Crippen molar-refractivity contribution in [1.82, 2.24) is 9.88 Å². The summed E-state index contributed by atoms with van der Waals surface area (Å²) in [5.74, 6) is -1.29. The van der Waals surface area contributed by atoms with Crippen LogP contribution in [0.1, 0.15) is 34.2 Å². The molecular weight excluding hydrogens is 360 g/mol. The van der Waals surface area contributed by atoms with Gasteiger partial charge in [-0.3, -0.25) is 10.1 Å². The molecule has 0 saturated carbocycles. The second-order valence-electron chi connectivity index (χ2n) is 5.92. The predicted molar refractivity (Wildman–Crippen MR) is 103 cm³/mol. The summed E-state index contributed by atoms with van der Waals surface area (Å²) in [6, 6.07) is 9.47. The SMILES string of the molecule is CCOC(=O)c1cccc(-n2c(C)cc(/C=C(/C#N)C(=O)NC(N)=O)c2C)c1. The number of hydrogen-bond donors (Lipinski definition) is 2. The van der Waals surface area contributed by atoms with Gasteiger partial charge in [-0.05, 0) is 56.7 Å². The number of nitrogens with zero attached hydrogens (tertiary/aromatic N) is 2. The van der Waals surface area contributed by atoms with Gasteiger partial charge in [0.15, 0.2) is 0 Å². The van der Waals surface area contributed by atoms with Gasteiger partial charge >= 0.3 is 12.0 Å². The predicted octanol–water partition coefficient (Wildman–Crippen LogP) is 2.37. The van der Waals surface area contributed by atoms with Crippen LogP contribution in [-0.4, -0.2) is 29.1 Å². The number of ether oxygens (including phenoxy) is 1. The highest BCUT2D eigenvalue weighted by Crippen LogP contribution is 2.23. The lowest BCUT2D eigenvalue weighted by Crippen LogP contribution is -2.35. The van der Waals surface area contributed by atoms with Crippen molar-refractivity contribution in [2.75, 3.05) is 6.61 Å². The van der Waals surface area contributed by atoms with E-state index in [2.05, 4.69) is 0 Å². The van der Waals surface area contributed by atoms with Gasteiger partial charge in [-0.25, -0.2) is 9.59 Å². The van der Waals surface area contributed by atoms with Crippen molar-refractivity contribution in [2.24, 2.45) is 5.73 Å². The van der Waals surface area contributed by atoms with E-state index in [1.165, 1.54) is 6.08 Å². The first kappa shape index (κ1) is 20.5. The monoisotopic (exact) mass is 380 g/mol. The number of rotatable bonds is 5. The second kappa shape index (κ2) is 8.68. The lowest BCUT2D eigenvalue weighted by Gasteiger charge is -2.11. The maximum Gasteiger partial charge on any atom is 0.338 e. The third kappa shape index (κ3) is 4.45. The highest BCUT2D eigenvalue weighted by Gasteiger charge is 2.15. The molecule has 0 saturated heterocycles. The highest BCUT2D eigenvalue weighted by atomic mass is 16.5. The Balaban J connectivity index is 2.47. The number of nitriles is 1. The van der Waals surface area contributed by atoms with E-state index in [1.807, 2.05) is 29.8 Å². The topological polar surface area (TPSA) is 127 Å². The molecule has 3 N–H and O–H groups in total. The summed E-state index contributed by atoms with van der Waals surface area (Å²) < 4.78 is 6.92. The van der Waals surface area contributed by atoms with Crippen molar-refractivity contribution < 1.29 is 19.1 Å². The molecule has 8 nitrogen and oxygen atoms in total. The van der Waals surface area contributed by atoms with E-state index in [4.69, 9.17) is 10.5 Å². The average molecular weight is 380 g/mol. The van der Waals surface area contributed by atoms with Crippen LogP contribution in [-0.2, 0) is 9.53 Å². The number of aryl methyl sites for hydroxylation is 1. The van der Waals surface area contributed by atoms with Crippen molar-refractivity contribution in [3.63, 3.8) is 0 Å². The van der Waals surface area contributed by atoms with E-state index >= 15 is 0 Å². The van der Waals surface area contributed by atoms with Crippen LogP contribution < -0.4 is 11.1 Å². The summed E-state index contributed by atoms with van der Waals surface area (Å²) in [5.41, 5.74) is 8.03. The standard InChI is InChI=1S/C20H20N4O4/c1-4-28-19(26)14-6-5-7-17(10-14)24-12(2)8-15(13(24)3)9-16(11-21)18(25)23-20(22)27/h5-10H,4H2,1-3H3,(H3,22,23,25,27)/b16-9-. The van der Waals surface area contributed by atoms with Gasteiger partial charge in [-0.15, -0.1) is 0 Å². The van der Waals surface area contributed by atoms with Gasteiger partial charge < -0.3 is 15.0 Å². The Bertz CT molecular complexity index is 1010. The Kier molecular flexibility index (Phi) is 6.34. The molecule has 0 radical (unpaired) electrons. The van der Waals surface area contributed by atoms with E-state index in [0.29, 0.717) is 11.1 Å². The molecule has 1 aromatic carbocycles. The first-order valence-electron chi connectivity index (χ1n) is 8.47. The number of nitrogens with one attached hydrogen (secondary N) is 1. The minimum Gasteiger partial charge on any atom is -0.462 e. The largest absolute Gasteiger partial charge is 0.462 e. The van der Waals surface area contributed by atoms with Crippen LogP contribution in [0.5, 0.6) is 0 Å².